The Bertz CT molecular complexity index is 865. The van der Waals surface area contributed by atoms with Gasteiger partial charge in [0.25, 0.3) is 5.91 Å². The molecule has 0 bridgehead atoms. The minimum Gasteiger partial charge on any atom is -0.367 e. The van der Waals surface area contributed by atoms with E-state index in [0.29, 0.717) is 11.6 Å². The number of benzene rings is 1. The molecular weight excluding hydrogens is 306 g/mol. The smallest absolute Gasteiger partial charge is 0.263 e. The number of rotatable bonds is 3. The monoisotopic (exact) mass is 316 g/mol. The van der Waals surface area contributed by atoms with Crippen molar-refractivity contribution in [1.82, 2.24) is 10.1 Å². The number of anilines is 2. The number of hydrogen-bond donors (Lipinski definition) is 2. The summed E-state index contributed by atoms with van der Waals surface area (Å²) < 4.78 is 31.4. The number of nitrogens with zero attached hydrogens (tertiary/aromatic N) is 2. The lowest BCUT2D eigenvalue weighted by molar-refractivity contribution is 0.102. The molecule has 3 rings (SSSR count). The molecule has 2 aromatic heterocycles. The van der Waals surface area contributed by atoms with E-state index in [1.165, 1.54) is 6.20 Å². The quantitative estimate of drug-likeness (QED) is 0.775. The lowest BCUT2D eigenvalue weighted by atomic mass is 10.1. The van der Waals surface area contributed by atoms with E-state index in [9.17, 15) is 13.6 Å². The fourth-order valence-electron chi connectivity index (χ4n) is 2.00. The van der Waals surface area contributed by atoms with Gasteiger partial charge in [-0.2, -0.15) is 0 Å². The number of aromatic nitrogens is 2. The average molecular weight is 316 g/mol. The van der Waals surface area contributed by atoms with Gasteiger partial charge in [0.1, 0.15) is 22.9 Å². The second-order valence-corrected chi connectivity index (χ2v) is 4.59. The van der Waals surface area contributed by atoms with Gasteiger partial charge in [-0.1, -0.05) is 5.16 Å². The van der Waals surface area contributed by atoms with Gasteiger partial charge in [0.05, 0.1) is 5.69 Å². The molecule has 23 heavy (non-hydrogen) atoms. The first kappa shape index (κ1) is 14.6. The second kappa shape index (κ2) is 5.84. The van der Waals surface area contributed by atoms with Crippen LogP contribution in [-0.4, -0.2) is 16.0 Å². The first-order valence-electron chi connectivity index (χ1n) is 6.48. The summed E-state index contributed by atoms with van der Waals surface area (Å²) in [5.74, 6) is -2.60. The number of carbonyl (C=O) groups is 1. The third kappa shape index (κ3) is 2.86. The minimum absolute atomic E-state index is 0.0540. The molecule has 0 radical (unpaired) electrons. The fraction of sp³-hybridized carbons (Fsp3) is 0. The Morgan fingerprint density at radius 2 is 2.09 bits per heavy atom. The highest BCUT2D eigenvalue weighted by Gasteiger charge is 2.23. The zero-order valence-corrected chi connectivity index (χ0v) is 11.6. The van der Waals surface area contributed by atoms with E-state index in [2.05, 4.69) is 15.5 Å². The van der Waals surface area contributed by atoms with Gasteiger partial charge in [-0.3, -0.25) is 9.78 Å². The molecule has 0 aliphatic carbocycles. The van der Waals surface area contributed by atoms with E-state index >= 15 is 0 Å². The van der Waals surface area contributed by atoms with Crippen LogP contribution in [0.1, 0.15) is 10.4 Å². The lowest BCUT2D eigenvalue weighted by Crippen LogP contribution is -2.15. The summed E-state index contributed by atoms with van der Waals surface area (Å²) in [4.78, 5) is 16.3. The van der Waals surface area contributed by atoms with Gasteiger partial charge < -0.3 is 15.6 Å². The molecule has 0 unspecified atom stereocenters. The Hall–Kier alpha value is -3.29. The topological polar surface area (TPSA) is 94.0 Å². The van der Waals surface area contributed by atoms with Gasteiger partial charge >= 0.3 is 0 Å². The van der Waals surface area contributed by atoms with Crippen LogP contribution in [0.3, 0.4) is 0 Å². The Morgan fingerprint density at radius 3 is 2.78 bits per heavy atom. The molecule has 3 N–H and O–H groups in total. The summed E-state index contributed by atoms with van der Waals surface area (Å²) in [5.41, 5.74) is 6.08. The number of nitrogens with two attached hydrogens (primary N) is 1. The van der Waals surface area contributed by atoms with E-state index in [0.717, 1.165) is 12.1 Å². The third-order valence-electron chi connectivity index (χ3n) is 3.06. The molecule has 2 heterocycles. The Balaban J connectivity index is 1.96. The Kier molecular flexibility index (Phi) is 3.71. The van der Waals surface area contributed by atoms with Crippen LogP contribution >= 0.6 is 0 Å². The average Bonchev–Trinajstić information content (AvgIpc) is 2.93. The number of amides is 1. The summed E-state index contributed by atoms with van der Waals surface area (Å²) >= 11 is 0. The molecule has 0 aliphatic heterocycles. The van der Waals surface area contributed by atoms with Gasteiger partial charge in [0.15, 0.2) is 0 Å². The largest absolute Gasteiger partial charge is 0.367 e. The van der Waals surface area contributed by atoms with E-state index in [4.69, 9.17) is 10.3 Å². The van der Waals surface area contributed by atoms with Gasteiger partial charge in [-0.15, -0.1) is 0 Å². The normalized spacial score (nSPS) is 10.5. The van der Waals surface area contributed by atoms with E-state index in [1.807, 2.05) is 0 Å². The highest BCUT2D eigenvalue weighted by atomic mass is 19.1. The van der Waals surface area contributed by atoms with Crippen molar-refractivity contribution >= 4 is 17.5 Å². The maximum absolute atomic E-state index is 13.6. The lowest BCUT2D eigenvalue weighted by Gasteiger charge is -2.06. The van der Waals surface area contributed by atoms with Crippen molar-refractivity contribution in [2.45, 2.75) is 0 Å². The summed E-state index contributed by atoms with van der Waals surface area (Å²) in [6.45, 7) is 0. The summed E-state index contributed by atoms with van der Waals surface area (Å²) in [6.07, 6.45) is 3.03. The molecule has 0 spiro atoms. The maximum atomic E-state index is 13.6. The number of carbonyl (C=O) groups excluding carboxylic acids is 1. The first-order chi connectivity index (χ1) is 11.1. The highest BCUT2D eigenvalue weighted by molar-refractivity contribution is 6.10. The summed E-state index contributed by atoms with van der Waals surface area (Å²) in [5, 5.41) is 6.04. The number of nitrogen functional groups attached to an aromatic ring is 1. The predicted octanol–water partition coefficient (Wildman–Crippen LogP) is 2.85. The van der Waals surface area contributed by atoms with E-state index in [-0.39, 0.29) is 22.8 Å². The molecule has 1 aromatic carbocycles. The van der Waals surface area contributed by atoms with Crippen molar-refractivity contribution in [2.75, 3.05) is 11.1 Å². The highest BCUT2D eigenvalue weighted by Crippen LogP contribution is 2.27. The number of nitrogens with one attached hydrogen (secondary N) is 1. The molecule has 8 heteroatoms. The van der Waals surface area contributed by atoms with Crippen molar-refractivity contribution < 1.29 is 18.1 Å². The van der Waals surface area contributed by atoms with E-state index < -0.39 is 17.5 Å². The molecule has 0 fully saturated rings. The fourth-order valence-corrected chi connectivity index (χ4v) is 2.00. The molecule has 0 aliphatic rings. The standard InChI is InChI=1S/C15H10F2N4O2/c16-9-3-4-11(10(17)6-9)20-15(22)12-13(21-23-14(12)18)8-2-1-5-19-7-8/h1-7H,18H2,(H,20,22). The van der Waals surface area contributed by atoms with Crippen LogP contribution in [0.25, 0.3) is 11.3 Å². The van der Waals surface area contributed by atoms with Crippen LogP contribution in [0.15, 0.2) is 47.2 Å². The van der Waals surface area contributed by atoms with Crippen LogP contribution < -0.4 is 11.1 Å². The first-order valence-corrected chi connectivity index (χ1v) is 6.48. The molecule has 0 saturated carbocycles. The van der Waals surface area contributed by atoms with E-state index in [1.54, 1.807) is 18.3 Å². The molecular formula is C15H10F2N4O2. The van der Waals surface area contributed by atoms with Crippen LogP contribution in [0.2, 0.25) is 0 Å². The van der Waals surface area contributed by atoms with Gasteiger partial charge in [0, 0.05) is 24.0 Å². The van der Waals surface area contributed by atoms with Gasteiger partial charge in [-0.05, 0) is 24.3 Å². The molecule has 3 aromatic rings. The van der Waals surface area contributed by atoms with Crippen molar-refractivity contribution in [1.29, 1.82) is 0 Å². The maximum Gasteiger partial charge on any atom is 0.263 e. The summed E-state index contributed by atoms with van der Waals surface area (Å²) in [6, 6.07) is 6.11. The van der Waals surface area contributed by atoms with Crippen LogP contribution in [0.4, 0.5) is 20.4 Å². The third-order valence-corrected chi connectivity index (χ3v) is 3.06. The van der Waals surface area contributed by atoms with Crippen LogP contribution in [-0.2, 0) is 0 Å². The number of pyridine rings is 1. The van der Waals surface area contributed by atoms with Gasteiger partial charge in [-0.25, -0.2) is 8.78 Å². The van der Waals surface area contributed by atoms with Crippen molar-refractivity contribution in [2.24, 2.45) is 0 Å². The SMILES string of the molecule is Nc1onc(-c2cccnc2)c1C(=O)Nc1ccc(F)cc1F. The molecule has 116 valence electrons. The van der Waals surface area contributed by atoms with Gasteiger partial charge in [0.2, 0.25) is 5.88 Å². The van der Waals surface area contributed by atoms with Crippen LogP contribution in [0.5, 0.6) is 0 Å². The van der Waals surface area contributed by atoms with Crippen molar-refractivity contribution in [3.8, 4) is 11.3 Å². The summed E-state index contributed by atoms with van der Waals surface area (Å²) in [7, 11) is 0. The molecule has 0 atom stereocenters. The minimum atomic E-state index is -0.906. The molecule has 6 nitrogen and oxygen atoms in total. The Labute approximate surface area is 128 Å². The predicted molar refractivity (Wildman–Crippen MR) is 78.5 cm³/mol. The Morgan fingerprint density at radius 1 is 1.26 bits per heavy atom. The molecule has 1 amide bonds. The van der Waals surface area contributed by atoms with Crippen LogP contribution in [0, 0.1) is 11.6 Å². The zero-order valence-electron chi connectivity index (χ0n) is 11.6. The van der Waals surface area contributed by atoms with Crippen molar-refractivity contribution in [3.63, 3.8) is 0 Å². The second-order valence-electron chi connectivity index (χ2n) is 4.59. The number of hydrogen-bond acceptors (Lipinski definition) is 5. The molecule has 0 saturated heterocycles. The number of halogens is 2. The zero-order chi connectivity index (χ0) is 16.4. The van der Waals surface area contributed by atoms with Crippen molar-refractivity contribution in [3.05, 3.63) is 59.9 Å².